The van der Waals surface area contributed by atoms with E-state index in [1.54, 1.807) is 24.3 Å². The molecule has 1 heterocycles. The number of carbonyl (C=O) groups excluding carboxylic acids is 1. The maximum Gasteiger partial charge on any atom is 0.251 e. The molecule has 1 amide bonds. The predicted octanol–water partition coefficient (Wildman–Crippen LogP) is 4.11. The molecule has 0 bridgehead atoms. The van der Waals surface area contributed by atoms with Crippen LogP contribution in [0.15, 0.2) is 42.5 Å². The van der Waals surface area contributed by atoms with Gasteiger partial charge in [0.05, 0.1) is 17.5 Å². The quantitative estimate of drug-likeness (QED) is 0.821. The van der Waals surface area contributed by atoms with Crippen molar-refractivity contribution in [3.8, 4) is 0 Å². The van der Waals surface area contributed by atoms with Crippen molar-refractivity contribution in [2.24, 2.45) is 0 Å². The molecule has 0 aliphatic carbocycles. The van der Waals surface area contributed by atoms with E-state index in [0.717, 1.165) is 24.0 Å². The van der Waals surface area contributed by atoms with Gasteiger partial charge in [0.2, 0.25) is 10.0 Å². The van der Waals surface area contributed by atoms with Crippen LogP contribution >= 0.6 is 0 Å². The maximum atomic E-state index is 12.7. The zero-order chi connectivity index (χ0) is 20.3. The van der Waals surface area contributed by atoms with Crippen LogP contribution in [-0.4, -0.2) is 26.6 Å². The van der Waals surface area contributed by atoms with Gasteiger partial charge >= 0.3 is 0 Å². The van der Waals surface area contributed by atoms with Crippen molar-refractivity contribution in [2.45, 2.75) is 46.1 Å². The molecule has 0 spiro atoms. The standard InChI is InChI=1S/C22H28N2O3S/c1-4-21(20-12-7-16(2)15-17(20)3)23-22(25)18-8-10-19(11-9-18)24-13-5-6-14-28(24,26)27/h7-12,15,21H,4-6,13-14H2,1-3H3,(H,23,25)/t21-/m1/s1. The Bertz CT molecular complexity index is 952. The van der Waals surface area contributed by atoms with E-state index in [-0.39, 0.29) is 17.7 Å². The number of amides is 1. The van der Waals surface area contributed by atoms with E-state index in [2.05, 4.69) is 44.3 Å². The van der Waals surface area contributed by atoms with Gasteiger partial charge in [-0.3, -0.25) is 9.10 Å². The average molecular weight is 401 g/mol. The summed E-state index contributed by atoms with van der Waals surface area (Å²) in [5.74, 6) is 0.0310. The third-order valence-corrected chi connectivity index (χ3v) is 7.15. The first-order valence-corrected chi connectivity index (χ1v) is 11.4. The lowest BCUT2D eigenvalue weighted by molar-refractivity contribution is 0.0935. The fourth-order valence-electron chi connectivity index (χ4n) is 3.72. The molecule has 0 saturated carbocycles. The Balaban J connectivity index is 1.75. The predicted molar refractivity (Wildman–Crippen MR) is 113 cm³/mol. The zero-order valence-corrected chi connectivity index (χ0v) is 17.6. The lowest BCUT2D eigenvalue weighted by Crippen LogP contribution is -2.37. The summed E-state index contributed by atoms with van der Waals surface area (Å²) >= 11 is 0. The van der Waals surface area contributed by atoms with Gasteiger partial charge in [-0.15, -0.1) is 0 Å². The van der Waals surface area contributed by atoms with Crippen molar-refractivity contribution in [1.82, 2.24) is 5.32 Å². The number of anilines is 1. The van der Waals surface area contributed by atoms with Crippen LogP contribution in [0.5, 0.6) is 0 Å². The summed E-state index contributed by atoms with van der Waals surface area (Å²) in [6, 6.07) is 13.0. The van der Waals surface area contributed by atoms with Crippen LogP contribution in [0.1, 0.15) is 59.3 Å². The summed E-state index contributed by atoms with van der Waals surface area (Å²) in [5, 5.41) is 3.10. The largest absolute Gasteiger partial charge is 0.345 e. The minimum atomic E-state index is -3.24. The summed E-state index contributed by atoms with van der Waals surface area (Å²) in [7, 11) is -3.24. The Morgan fingerprint density at radius 2 is 1.82 bits per heavy atom. The van der Waals surface area contributed by atoms with E-state index in [9.17, 15) is 13.2 Å². The number of carbonyl (C=O) groups is 1. The van der Waals surface area contributed by atoms with Crippen molar-refractivity contribution in [3.63, 3.8) is 0 Å². The fourth-order valence-corrected chi connectivity index (χ4v) is 5.36. The van der Waals surface area contributed by atoms with Gasteiger partial charge in [0.25, 0.3) is 5.91 Å². The van der Waals surface area contributed by atoms with E-state index < -0.39 is 10.0 Å². The van der Waals surface area contributed by atoms with Crippen LogP contribution in [0.2, 0.25) is 0 Å². The molecule has 150 valence electrons. The molecule has 28 heavy (non-hydrogen) atoms. The second kappa shape index (κ2) is 8.35. The number of aryl methyl sites for hydroxylation is 2. The molecule has 1 atom stereocenters. The first-order valence-electron chi connectivity index (χ1n) is 9.80. The minimum absolute atomic E-state index is 0.0600. The van der Waals surface area contributed by atoms with Crippen molar-refractivity contribution in [2.75, 3.05) is 16.6 Å². The molecule has 1 N–H and O–H groups in total. The fraction of sp³-hybridized carbons (Fsp3) is 0.409. The molecule has 0 radical (unpaired) electrons. The third kappa shape index (κ3) is 4.38. The molecule has 0 unspecified atom stereocenters. The highest BCUT2D eigenvalue weighted by Crippen LogP contribution is 2.25. The minimum Gasteiger partial charge on any atom is -0.345 e. The molecule has 5 nitrogen and oxygen atoms in total. The Hall–Kier alpha value is -2.34. The van der Waals surface area contributed by atoms with Gasteiger partial charge in [-0.05, 0) is 68.5 Å². The lowest BCUT2D eigenvalue weighted by atomic mass is 9.97. The number of nitrogens with one attached hydrogen (secondary N) is 1. The molecule has 6 heteroatoms. The van der Waals surface area contributed by atoms with Crippen molar-refractivity contribution >= 4 is 21.6 Å². The molecule has 1 aliphatic heterocycles. The summed E-state index contributed by atoms with van der Waals surface area (Å²) in [4.78, 5) is 12.7. The van der Waals surface area contributed by atoms with Gasteiger partial charge in [-0.1, -0.05) is 30.7 Å². The Morgan fingerprint density at radius 3 is 2.43 bits per heavy atom. The number of benzene rings is 2. The second-order valence-corrected chi connectivity index (χ2v) is 9.45. The molecule has 1 aliphatic rings. The van der Waals surface area contributed by atoms with Crippen molar-refractivity contribution in [3.05, 3.63) is 64.7 Å². The number of sulfonamides is 1. The summed E-state index contributed by atoms with van der Waals surface area (Å²) in [5.41, 5.74) is 4.64. The highest BCUT2D eigenvalue weighted by Gasteiger charge is 2.26. The van der Waals surface area contributed by atoms with Crippen LogP contribution in [-0.2, 0) is 10.0 Å². The first-order chi connectivity index (χ1) is 13.3. The summed E-state index contributed by atoms with van der Waals surface area (Å²) < 4.78 is 25.9. The Kier molecular flexibility index (Phi) is 6.08. The number of nitrogens with zero attached hydrogens (tertiary/aromatic N) is 1. The molecule has 3 rings (SSSR count). The van der Waals surface area contributed by atoms with Gasteiger partial charge in [0.1, 0.15) is 0 Å². The second-order valence-electron chi connectivity index (χ2n) is 7.44. The first kappa shape index (κ1) is 20.4. The number of hydrogen-bond acceptors (Lipinski definition) is 3. The maximum absolute atomic E-state index is 12.7. The zero-order valence-electron chi connectivity index (χ0n) is 16.7. The van der Waals surface area contributed by atoms with Crippen LogP contribution < -0.4 is 9.62 Å². The summed E-state index contributed by atoms with van der Waals surface area (Å²) in [6.45, 7) is 6.67. The Labute approximate surface area is 167 Å². The van der Waals surface area contributed by atoms with Gasteiger partial charge in [-0.25, -0.2) is 8.42 Å². The van der Waals surface area contributed by atoms with Crippen molar-refractivity contribution < 1.29 is 13.2 Å². The van der Waals surface area contributed by atoms with E-state index in [1.807, 2.05) is 0 Å². The number of rotatable bonds is 5. The van der Waals surface area contributed by atoms with Gasteiger partial charge in [0, 0.05) is 12.1 Å². The molecule has 0 aromatic heterocycles. The summed E-state index contributed by atoms with van der Waals surface area (Å²) in [6.07, 6.45) is 2.35. The number of hydrogen-bond donors (Lipinski definition) is 1. The van der Waals surface area contributed by atoms with E-state index >= 15 is 0 Å². The molecule has 2 aromatic carbocycles. The van der Waals surface area contributed by atoms with Gasteiger partial charge < -0.3 is 5.32 Å². The molecule has 1 saturated heterocycles. The molecule has 1 fully saturated rings. The highest BCUT2D eigenvalue weighted by molar-refractivity contribution is 7.92. The molecular formula is C22H28N2O3S. The van der Waals surface area contributed by atoms with Crippen molar-refractivity contribution in [1.29, 1.82) is 0 Å². The molecule has 2 aromatic rings. The third-order valence-electron chi connectivity index (χ3n) is 5.28. The average Bonchev–Trinajstić information content (AvgIpc) is 2.66. The van der Waals surface area contributed by atoms with E-state index in [4.69, 9.17) is 0 Å². The normalized spacial score (nSPS) is 17.2. The lowest BCUT2D eigenvalue weighted by Gasteiger charge is -2.28. The van der Waals surface area contributed by atoms with Crippen LogP contribution in [0, 0.1) is 13.8 Å². The Morgan fingerprint density at radius 1 is 1.11 bits per heavy atom. The van der Waals surface area contributed by atoms with Gasteiger partial charge in [0.15, 0.2) is 0 Å². The topological polar surface area (TPSA) is 66.5 Å². The smallest absolute Gasteiger partial charge is 0.251 e. The van der Waals surface area contributed by atoms with Crippen LogP contribution in [0.25, 0.3) is 0 Å². The van der Waals surface area contributed by atoms with Gasteiger partial charge in [-0.2, -0.15) is 0 Å². The highest BCUT2D eigenvalue weighted by atomic mass is 32.2. The van der Waals surface area contributed by atoms with Crippen LogP contribution in [0.3, 0.4) is 0 Å². The molecular weight excluding hydrogens is 372 g/mol. The monoisotopic (exact) mass is 400 g/mol. The van der Waals surface area contributed by atoms with E-state index in [0.29, 0.717) is 24.2 Å². The van der Waals surface area contributed by atoms with E-state index in [1.165, 1.54) is 9.87 Å². The van der Waals surface area contributed by atoms with Crippen LogP contribution in [0.4, 0.5) is 5.69 Å². The SMILES string of the molecule is CC[C@@H](NC(=O)c1ccc(N2CCCCS2(=O)=O)cc1)c1ccc(C)cc1C.